The summed E-state index contributed by atoms with van der Waals surface area (Å²) in [6, 6.07) is 6.57. The van der Waals surface area contributed by atoms with Crippen LogP contribution in [-0.2, 0) is 20.4 Å². The molecule has 2 unspecified atom stereocenters. The summed E-state index contributed by atoms with van der Waals surface area (Å²) < 4.78 is 66.7. The maximum absolute atomic E-state index is 13.7. The summed E-state index contributed by atoms with van der Waals surface area (Å²) in [5.41, 5.74) is -3.85. The van der Waals surface area contributed by atoms with Crippen molar-refractivity contribution in [1.29, 1.82) is 0 Å². The van der Waals surface area contributed by atoms with Crippen LogP contribution in [0, 0.1) is 0 Å². The first-order chi connectivity index (χ1) is 14.2. The van der Waals surface area contributed by atoms with Crippen LogP contribution in [0.2, 0.25) is 10.0 Å². The minimum Gasteiger partial charge on any atom is -0.480 e. The number of hydrogen-bond acceptors (Lipinski definition) is 5. The molecule has 0 saturated carbocycles. The Morgan fingerprint density at radius 2 is 1.87 bits per heavy atom. The van der Waals surface area contributed by atoms with Crippen molar-refractivity contribution in [3.8, 4) is 11.1 Å². The van der Waals surface area contributed by atoms with E-state index in [4.69, 9.17) is 28.3 Å². The van der Waals surface area contributed by atoms with Crippen LogP contribution in [0.3, 0.4) is 0 Å². The Morgan fingerprint density at radius 1 is 1.23 bits per heavy atom. The molecule has 170 valence electrons. The van der Waals surface area contributed by atoms with Gasteiger partial charge in [-0.3, -0.25) is 9.78 Å². The topological polar surface area (TPSA) is 117 Å². The Balaban J connectivity index is 2.39. The zero-order chi connectivity index (χ0) is 23.6. The Labute approximate surface area is 185 Å². The van der Waals surface area contributed by atoms with Gasteiger partial charge >= 0.3 is 12.1 Å². The third kappa shape index (κ3) is 5.47. The van der Waals surface area contributed by atoms with Gasteiger partial charge in [0.25, 0.3) is 0 Å². The fourth-order valence-electron chi connectivity index (χ4n) is 2.69. The summed E-state index contributed by atoms with van der Waals surface area (Å²) in [6.07, 6.45) is -4.68. The molecular formula is C18H17Cl2F3N2O5S. The number of carboxylic acids is 1. The Bertz CT molecular complexity index is 1060. The molecular weight excluding hydrogens is 484 g/mol. The number of aliphatic carboxylic acids is 1. The molecule has 0 bridgehead atoms. The lowest BCUT2D eigenvalue weighted by atomic mass is 9.97. The van der Waals surface area contributed by atoms with Crippen molar-refractivity contribution in [2.75, 3.05) is 6.54 Å². The smallest absolute Gasteiger partial charge is 0.424 e. The molecule has 13 heteroatoms. The Morgan fingerprint density at radius 3 is 2.32 bits per heavy atom. The van der Waals surface area contributed by atoms with Crippen LogP contribution < -0.4 is 4.72 Å². The second-order valence-corrected chi connectivity index (χ2v) is 9.31. The summed E-state index contributed by atoms with van der Waals surface area (Å²) in [6.45, 7) is -0.313. The number of benzene rings is 1. The van der Waals surface area contributed by atoms with Crippen LogP contribution in [0.15, 0.2) is 36.5 Å². The van der Waals surface area contributed by atoms with Gasteiger partial charge in [-0.05, 0) is 24.6 Å². The standard InChI is InChI=1S/C18H17Cl2F3N2O5S/c1-2-14(16(26)27)31(29,30)25-9-17(28,18(21,22)23)15-6-3-10(8-24-15)12-5-4-11(19)7-13(12)20/h3-8,14,25,28H,2,9H2,1H3,(H,26,27). The molecule has 3 N–H and O–H groups in total. The number of rotatable bonds is 8. The maximum atomic E-state index is 13.7. The normalized spacial score (nSPS) is 15.3. The van der Waals surface area contributed by atoms with Gasteiger partial charge < -0.3 is 10.2 Å². The predicted octanol–water partition coefficient (Wildman–Crippen LogP) is 3.59. The van der Waals surface area contributed by atoms with Gasteiger partial charge in [0.2, 0.25) is 15.6 Å². The second-order valence-electron chi connectivity index (χ2n) is 6.52. The third-order valence-electron chi connectivity index (χ3n) is 4.45. The summed E-state index contributed by atoms with van der Waals surface area (Å²) >= 11 is 11.9. The highest BCUT2D eigenvalue weighted by atomic mass is 35.5. The van der Waals surface area contributed by atoms with E-state index >= 15 is 0 Å². The zero-order valence-electron chi connectivity index (χ0n) is 15.8. The van der Waals surface area contributed by atoms with Crippen LogP contribution in [0.5, 0.6) is 0 Å². The lowest BCUT2D eigenvalue weighted by Crippen LogP contribution is -2.53. The highest BCUT2D eigenvalue weighted by Crippen LogP contribution is 2.39. The van der Waals surface area contributed by atoms with E-state index in [0.29, 0.717) is 16.1 Å². The third-order valence-corrected chi connectivity index (χ3v) is 6.83. The van der Waals surface area contributed by atoms with Crippen molar-refractivity contribution in [2.45, 2.75) is 30.4 Å². The minimum absolute atomic E-state index is 0.222. The lowest BCUT2D eigenvalue weighted by molar-refractivity contribution is -0.264. The SMILES string of the molecule is CCC(C(=O)O)S(=O)(=O)NCC(O)(c1ccc(-c2ccc(Cl)cc2Cl)cn1)C(F)(F)F. The molecule has 0 amide bonds. The number of hydrogen-bond donors (Lipinski definition) is 3. The van der Waals surface area contributed by atoms with Crippen molar-refractivity contribution >= 4 is 39.2 Å². The number of halogens is 5. The molecule has 7 nitrogen and oxygen atoms in total. The number of carboxylic acid groups (broad SMARTS) is 1. The van der Waals surface area contributed by atoms with E-state index in [-0.39, 0.29) is 11.4 Å². The number of nitrogens with zero attached hydrogens (tertiary/aromatic N) is 1. The number of pyridine rings is 1. The first kappa shape index (κ1) is 25.3. The summed E-state index contributed by atoms with van der Waals surface area (Å²) in [7, 11) is -4.70. The van der Waals surface area contributed by atoms with E-state index < -0.39 is 45.3 Å². The van der Waals surface area contributed by atoms with Crippen molar-refractivity contribution in [2.24, 2.45) is 0 Å². The molecule has 2 atom stereocenters. The molecule has 1 aromatic carbocycles. The van der Waals surface area contributed by atoms with E-state index in [1.807, 2.05) is 0 Å². The zero-order valence-corrected chi connectivity index (χ0v) is 18.1. The molecule has 2 aromatic rings. The minimum atomic E-state index is -5.33. The number of aliphatic hydroxyl groups is 1. The highest BCUT2D eigenvalue weighted by Gasteiger charge is 2.56. The first-order valence-corrected chi connectivity index (χ1v) is 11.0. The molecule has 0 aliphatic rings. The van der Waals surface area contributed by atoms with Crippen molar-refractivity contribution in [1.82, 2.24) is 9.71 Å². The van der Waals surface area contributed by atoms with E-state index in [9.17, 15) is 31.5 Å². The van der Waals surface area contributed by atoms with Crippen LogP contribution in [0.25, 0.3) is 11.1 Å². The largest absolute Gasteiger partial charge is 0.480 e. The van der Waals surface area contributed by atoms with E-state index in [1.165, 1.54) is 31.2 Å². The Hall–Kier alpha value is -1.92. The summed E-state index contributed by atoms with van der Waals surface area (Å²) in [5, 5.41) is 17.9. The number of nitrogens with one attached hydrogen (secondary N) is 1. The molecule has 0 aliphatic heterocycles. The van der Waals surface area contributed by atoms with E-state index in [2.05, 4.69) is 4.98 Å². The summed E-state index contributed by atoms with van der Waals surface area (Å²) in [5.74, 6) is -1.73. The monoisotopic (exact) mass is 500 g/mol. The number of carbonyl (C=O) groups is 1. The number of alkyl halides is 3. The van der Waals surface area contributed by atoms with Gasteiger partial charge in [-0.2, -0.15) is 13.2 Å². The molecule has 0 fully saturated rings. The van der Waals surface area contributed by atoms with E-state index in [0.717, 1.165) is 12.3 Å². The first-order valence-electron chi connectivity index (χ1n) is 8.65. The molecule has 1 heterocycles. The molecule has 0 spiro atoms. The van der Waals surface area contributed by atoms with E-state index in [1.54, 1.807) is 4.72 Å². The average Bonchev–Trinajstić information content (AvgIpc) is 2.65. The van der Waals surface area contributed by atoms with Gasteiger partial charge in [0.05, 0.1) is 12.2 Å². The number of sulfonamides is 1. The quantitative estimate of drug-likeness (QED) is 0.509. The molecule has 0 aliphatic carbocycles. The predicted molar refractivity (Wildman–Crippen MR) is 108 cm³/mol. The second kappa shape index (κ2) is 9.29. The molecule has 31 heavy (non-hydrogen) atoms. The van der Waals surface area contributed by atoms with Crippen molar-refractivity contribution in [3.05, 3.63) is 52.3 Å². The van der Waals surface area contributed by atoms with Gasteiger partial charge in [-0.25, -0.2) is 13.1 Å². The van der Waals surface area contributed by atoms with Crippen molar-refractivity contribution < 1.29 is 36.6 Å². The molecule has 2 rings (SSSR count). The van der Waals surface area contributed by atoms with Gasteiger partial charge in [0.15, 0.2) is 5.25 Å². The van der Waals surface area contributed by atoms with Crippen LogP contribution in [0.1, 0.15) is 19.0 Å². The van der Waals surface area contributed by atoms with Gasteiger partial charge in [0, 0.05) is 27.4 Å². The lowest BCUT2D eigenvalue weighted by Gasteiger charge is -2.30. The fourth-order valence-corrected chi connectivity index (χ4v) is 4.52. The fraction of sp³-hybridized carbons (Fsp3) is 0.333. The van der Waals surface area contributed by atoms with Crippen LogP contribution in [0.4, 0.5) is 13.2 Å². The molecule has 0 radical (unpaired) electrons. The maximum Gasteiger partial charge on any atom is 0.424 e. The highest BCUT2D eigenvalue weighted by molar-refractivity contribution is 7.90. The van der Waals surface area contributed by atoms with Gasteiger partial charge in [-0.1, -0.05) is 42.3 Å². The summed E-state index contributed by atoms with van der Waals surface area (Å²) in [4.78, 5) is 14.7. The Kier molecular flexibility index (Phi) is 7.59. The van der Waals surface area contributed by atoms with Crippen molar-refractivity contribution in [3.63, 3.8) is 0 Å². The number of aromatic nitrogens is 1. The average molecular weight is 501 g/mol. The van der Waals surface area contributed by atoms with Crippen LogP contribution >= 0.6 is 23.2 Å². The van der Waals surface area contributed by atoms with Crippen LogP contribution in [-0.4, -0.2) is 47.6 Å². The molecule has 1 aromatic heterocycles. The molecule has 0 saturated heterocycles. The van der Waals surface area contributed by atoms with Gasteiger partial charge in [0.1, 0.15) is 0 Å². The van der Waals surface area contributed by atoms with Gasteiger partial charge in [-0.15, -0.1) is 0 Å².